The second kappa shape index (κ2) is 30.8. The molecule has 182 valence electrons. The molecule has 17 heteroatoms. The Hall–Kier alpha value is -0.380. The lowest BCUT2D eigenvalue weighted by Crippen LogP contribution is -2.46. The zero-order valence-corrected chi connectivity index (χ0v) is 18.2. The van der Waals surface area contributed by atoms with Gasteiger partial charge in [0.15, 0.2) is 0 Å². The summed E-state index contributed by atoms with van der Waals surface area (Å²) >= 11 is 0. The Bertz CT molecular complexity index is 249. The molecule has 0 amide bonds. The van der Waals surface area contributed by atoms with Crippen molar-refractivity contribution in [2.24, 2.45) is 0 Å². The Morgan fingerprint density at radius 1 is 0.500 bits per heavy atom. The average Bonchev–Trinajstić information content (AvgIpc) is 2.54. The highest BCUT2D eigenvalue weighted by atomic mass is 19.1. The van der Waals surface area contributed by atoms with E-state index >= 15 is 0 Å². The van der Waals surface area contributed by atoms with E-state index in [2.05, 4.69) is 27.8 Å². The molecule has 0 aliphatic rings. The van der Waals surface area contributed by atoms with Crippen LogP contribution in [0, 0.1) is 0 Å². The largest absolute Gasteiger partial charge is 0.674 e. The van der Waals surface area contributed by atoms with Crippen molar-refractivity contribution in [2.75, 3.05) is 26.7 Å². The molecule has 0 aromatic heterocycles. The van der Waals surface area contributed by atoms with Gasteiger partial charge < -0.3 is 44.7 Å². The SMILES string of the molecule is CCCC[N+](C)(CCCC)CCCC.OB(O)F.OB(O)F.OB(O)F.OB(O)F. The van der Waals surface area contributed by atoms with Crippen LogP contribution in [-0.4, -0.2) is 101 Å². The second-order valence-electron chi connectivity index (χ2n) is 6.09. The van der Waals surface area contributed by atoms with E-state index in [4.69, 9.17) is 40.2 Å². The summed E-state index contributed by atoms with van der Waals surface area (Å²) in [6, 6.07) is 0. The predicted octanol–water partition coefficient (Wildman–Crippen LogP) is -0.465. The monoisotopic (exact) mass is 456 g/mol. The van der Waals surface area contributed by atoms with Gasteiger partial charge in [0.25, 0.3) is 0 Å². The van der Waals surface area contributed by atoms with Crippen LogP contribution >= 0.6 is 0 Å². The van der Waals surface area contributed by atoms with Crippen LogP contribution in [0.2, 0.25) is 0 Å². The van der Waals surface area contributed by atoms with E-state index in [0.29, 0.717) is 0 Å². The van der Waals surface area contributed by atoms with Crippen LogP contribution in [0.3, 0.4) is 0 Å². The molecule has 0 spiro atoms. The van der Waals surface area contributed by atoms with Gasteiger partial charge in [0.05, 0.1) is 26.7 Å². The van der Waals surface area contributed by atoms with E-state index < -0.39 is 29.6 Å². The molecule has 0 atom stereocenters. The first-order valence-corrected chi connectivity index (χ1v) is 9.46. The van der Waals surface area contributed by atoms with Gasteiger partial charge in [-0.25, -0.2) is 0 Å². The number of halogens is 4. The molecular formula is C13H38B4F4NO8+. The van der Waals surface area contributed by atoms with Crippen molar-refractivity contribution in [2.45, 2.75) is 59.3 Å². The summed E-state index contributed by atoms with van der Waals surface area (Å²) in [4.78, 5) is 0. The zero-order chi connectivity index (χ0) is 25.2. The van der Waals surface area contributed by atoms with Crippen LogP contribution in [0.25, 0.3) is 0 Å². The number of hydrogen-bond donors (Lipinski definition) is 8. The lowest BCUT2D eigenvalue weighted by atomic mass is 10.2. The molecule has 0 unspecified atom stereocenters. The van der Waals surface area contributed by atoms with Gasteiger partial charge in [0.1, 0.15) is 0 Å². The minimum Gasteiger partial charge on any atom is -0.398 e. The van der Waals surface area contributed by atoms with Crippen molar-refractivity contribution in [3.05, 3.63) is 0 Å². The number of hydrogen-bond acceptors (Lipinski definition) is 8. The van der Waals surface area contributed by atoms with Gasteiger partial charge in [0, 0.05) is 0 Å². The molecule has 30 heavy (non-hydrogen) atoms. The second-order valence-corrected chi connectivity index (χ2v) is 6.09. The molecule has 9 nitrogen and oxygen atoms in total. The molecule has 8 N–H and O–H groups in total. The minimum atomic E-state index is -2.67. The molecule has 0 aromatic rings. The average molecular weight is 456 g/mol. The molecule has 0 heterocycles. The smallest absolute Gasteiger partial charge is 0.398 e. The maximum atomic E-state index is 10.1. The lowest BCUT2D eigenvalue weighted by Gasteiger charge is -2.34. The molecule has 0 aliphatic carbocycles. The van der Waals surface area contributed by atoms with Gasteiger partial charge in [-0.1, -0.05) is 40.0 Å². The van der Waals surface area contributed by atoms with Gasteiger partial charge in [-0.15, -0.1) is 0 Å². The van der Waals surface area contributed by atoms with Crippen LogP contribution < -0.4 is 0 Å². The zero-order valence-electron chi connectivity index (χ0n) is 18.2. The van der Waals surface area contributed by atoms with Crippen molar-refractivity contribution in [3.8, 4) is 0 Å². The van der Waals surface area contributed by atoms with Gasteiger partial charge in [0.2, 0.25) is 0 Å². The van der Waals surface area contributed by atoms with Crippen LogP contribution in [0.1, 0.15) is 59.3 Å². The fourth-order valence-electron chi connectivity index (χ4n) is 1.95. The summed E-state index contributed by atoms with van der Waals surface area (Å²) in [5, 5.41) is 55.6. The van der Waals surface area contributed by atoms with Gasteiger partial charge in [-0.05, 0) is 19.3 Å². The highest BCUT2D eigenvalue weighted by Gasteiger charge is 2.18. The Balaban J connectivity index is -0.000000106. The lowest BCUT2D eigenvalue weighted by molar-refractivity contribution is -0.910. The third kappa shape index (κ3) is 91.6. The summed E-state index contributed by atoms with van der Waals surface area (Å²) < 4.78 is 41.8. The first-order chi connectivity index (χ1) is 13.6. The van der Waals surface area contributed by atoms with Crippen molar-refractivity contribution < 1.29 is 61.9 Å². The number of quaternary nitrogens is 1. The fraction of sp³-hybridized carbons (Fsp3) is 1.00. The first-order valence-electron chi connectivity index (χ1n) is 9.46. The molecule has 0 radical (unpaired) electrons. The maximum absolute atomic E-state index is 10.1. The standard InChI is InChI=1S/C13H30N.4BFH2O2/c1-5-8-11-14(4,12-9-6-2)13-10-7-3;4*2-1(3)4/h5-13H2,1-4H3;4*3-4H/q+1;;;;. The highest BCUT2D eigenvalue weighted by molar-refractivity contribution is 6.32. The Kier molecular flexibility index (Phi) is 41.1. The van der Waals surface area contributed by atoms with Gasteiger partial charge >= 0.3 is 29.6 Å². The summed E-state index contributed by atoms with van der Waals surface area (Å²) in [6.07, 6.45) is 8.20. The summed E-state index contributed by atoms with van der Waals surface area (Å²) in [6.45, 7) is 11.0. The van der Waals surface area contributed by atoms with E-state index in [9.17, 15) is 17.3 Å². The molecule has 0 saturated heterocycles. The molecule has 0 bridgehead atoms. The Morgan fingerprint density at radius 3 is 0.733 bits per heavy atom. The summed E-state index contributed by atoms with van der Waals surface area (Å²) in [7, 11) is -8.22. The van der Waals surface area contributed by atoms with Crippen molar-refractivity contribution in [1.29, 1.82) is 0 Å². The summed E-state index contributed by atoms with van der Waals surface area (Å²) in [5.74, 6) is 0. The molecule has 0 saturated carbocycles. The highest BCUT2D eigenvalue weighted by Crippen LogP contribution is 2.10. The van der Waals surface area contributed by atoms with Crippen LogP contribution in [0.5, 0.6) is 0 Å². The predicted molar refractivity (Wildman–Crippen MR) is 111 cm³/mol. The van der Waals surface area contributed by atoms with Crippen molar-refractivity contribution in [3.63, 3.8) is 0 Å². The van der Waals surface area contributed by atoms with Crippen LogP contribution in [0.15, 0.2) is 0 Å². The first kappa shape index (κ1) is 40.0. The normalized spacial score (nSPS) is 9.20. The minimum absolute atomic E-state index is 1.32. The van der Waals surface area contributed by atoms with Crippen LogP contribution in [0.4, 0.5) is 17.3 Å². The van der Waals surface area contributed by atoms with Gasteiger partial charge in [-0.3, -0.25) is 17.3 Å². The maximum Gasteiger partial charge on any atom is 0.674 e. The van der Waals surface area contributed by atoms with Crippen molar-refractivity contribution in [1.82, 2.24) is 0 Å². The van der Waals surface area contributed by atoms with Crippen molar-refractivity contribution >= 4 is 29.6 Å². The quantitative estimate of drug-likeness (QED) is 0.131. The third-order valence-corrected chi connectivity index (χ3v) is 3.15. The number of nitrogens with zero attached hydrogens (tertiary/aromatic N) is 1. The van der Waals surface area contributed by atoms with Crippen LogP contribution in [-0.2, 0) is 0 Å². The van der Waals surface area contributed by atoms with Gasteiger partial charge in [-0.2, -0.15) is 0 Å². The topological polar surface area (TPSA) is 162 Å². The van der Waals surface area contributed by atoms with E-state index in [0.717, 1.165) is 0 Å². The van der Waals surface area contributed by atoms with E-state index in [1.54, 1.807) is 0 Å². The van der Waals surface area contributed by atoms with E-state index in [1.807, 2.05) is 0 Å². The van der Waals surface area contributed by atoms with E-state index in [-0.39, 0.29) is 0 Å². The summed E-state index contributed by atoms with van der Waals surface area (Å²) in [5.41, 5.74) is 0. The molecule has 0 fully saturated rings. The van der Waals surface area contributed by atoms with E-state index in [1.165, 1.54) is 62.6 Å². The Morgan fingerprint density at radius 2 is 0.633 bits per heavy atom. The number of rotatable bonds is 9. The molecular weight excluding hydrogens is 417 g/mol. The molecule has 0 aromatic carbocycles. The molecule has 0 aliphatic heterocycles. The fourth-order valence-corrected chi connectivity index (χ4v) is 1.95. The number of unbranched alkanes of at least 4 members (excludes halogenated alkanes) is 3. The Labute approximate surface area is 178 Å². The molecule has 0 rings (SSSR count). The third-order valence-electron chi connectivity index (χ3n) is 3.15.